The summed E-state index contributed by atoms with van der Waals surface area (Å²) in [6.07, 6.45) is 5.55. The quantitative estimate of drug-likeness (QED) is 0.549. The molecule has 0 heterocycles. The van der Waals surface area contributed by atoms with Crippen molar-refractivity contribution in [1.29, 1.82) is 0 Å². The van der Waals surface area contributed by atoms with Crippen molar-refractivity contribution in [3.63, 3.8) is 0 Å². The summed E-state index contributed by atoms with van der Waals surface area (Å²) in [6.45, 7) is 6.24. The zero-order valence-electron chi connectivity index (χ0n) is 11.7. The van der Waals surface area contributed by atoms with Gasteiger partial charge in [-0.2, -0.15) is 0 Å². The van der Waals surface area contributed by atoms with Gasteiger partial charge in [0, 0.05) is 42.1 Å². The molecule has 0 bridgehead atoms. The molecule has 0 aliphatic heterocycles. The Hall–Kier alpha value is 0.0700. The summed E-state index contributed by atoms with van der Waals surface area (Å²) in [7, 11) is 1.05. The summed E-state index contributed by atoms with van der Waals surface area (Å²) in [4.78, 5) is 0. The minimum atomic E-state index is -0.642. The first-order valence-corrected chi connectivity index (χ1v) is 8.26. The molecule has 0 saturated carbocycles. The van der Waals surface area contributed by atoms with Crippen molar-refractivity contribution in [3.05, 3.63) is 0 Å². The van der Waals surface area contributed by atoms with E-state index in [1.165, 1.54) is 19.3 Å². The summed E-state index contributed by atoms with van der Waals surface area (Å²) in [5.41, 5.74) is 0. The molecule has 0 aliphatic rings. The molecule has 2 atom stereocenters. The van der Waals surface area contributed by atoms with Crippen LogP contribution in [0.3, 0.4) is 0 Å². The van der Waals surface area contributed by atoms with Crippen molar-refractivity contribution in [3.8, 4) is 0 Å². The molecule has 3 nitrogen and oxygen atoms in total. The first kappa shape index (κ1) is 17.1. The van der Waals surface area contributed by atoms with E-state index in [0.29, 0.717) is 6.04 Å². The minimum absolute atomic E-state index is 0.594. The van der Waals surface area contributed by atoms with Gasteiger partial charge < -0.3 is 10.1 Å². The van der Waals surface area contributed by atoms with Gasteiger partial charge in [0.15, 0.2) is 0 Å². The van der Waals surface area contributed by atoms with Gasteiger partial charge in [-0.3, -0.25) is 4.21 Å². The summed E-state index contributed by atoms with van der Waals surface area (Å²) in [5, 5.41) is 3.47. The van der Waals surface area contributed by atoms with E-state index < -0.39 is 10.8 Å². The van der Waals surface area contributed by atoms with Crippen LogP contribution in [-0.2, 0) is 15.5 Å². The normalized spacial score (nSPS) is 14.8. The van der Waals surface area contributed by atoms with Gasteiger partial charge >= 0.3 is 0 Å². The molecule has 0 rings (SSSR count). The van der Waals surface area contributed by atoms with E-state index in [1.807, 2.05) is 0 Å². The van der Waals surface area contributed by atoms with Crippen LogP contribution in [0.5, 0.6) is 0 Å². The number of rotatable bonds is 12. The van der Waals surface area contributed by atoms with Gasteiger partial charge in [0.1, 0.15) is 0 Å². The highest BCUT2D eigenvalue weighted by atomic mass is 32.2. The lowest BCUT2D eigenvalue weighted by atomic mass is 10.1. The number of ether oxygens (including phenoxy) is 1. The summed E-state index contributed by atoms with van der Waals surface area (Å²) < 4.78 is 16.5. The maximum absolute atomic E-state index is 11.6. The fourth-order valence-corrected chi connectivity index (χ4v) is 2.84. The second-order valence-electron chi connectivity index (χ2n) is 4.55. The molecule has 0 saturated heterocycles. The minimum Gasteiger partial charge on any atom is -0.385 e. The Labute approximate surface area is 109 Å². The Balaban J connectivity index is 3.29. The Morgan fingerprint density at radius 3 is 2.59 bits per heavy atom. The monoisotopic (exact) mass is 263 g/mol. The molecule has 0 aromatic heterocycles. The van der Waals surface area contributed by atoms with Crippen LogP contribution in [0.15, 0.2) is 0 Å². The van der Waals surface area contributed by atoms with E-state index in [0.717, 1.165) is 37.5 Å². The highest BCUT2D eigenvalue weighted by molar-refractivity contribution is 7.84. The molecule has 1 N–H and O–H groups in total. The lowest BCUT2D eigenvalue weighted by Crippen LogP contribution is -2.26. The molecule has 0 aromatic carbocycles. The fraction of sp³-hybridized carbons (Fsp3) is 1.00. The molecular weight excluding hydrogens is 234 g/mol. The van der Waals surface area contributed by atoms with E-state index in [2.05, 4.69) is 19.2 Å². The standard InChI is InChI=1S/C13H29NO2S/c1-4-9-14-13(2)8-5-6-11-17(15)12-7-10-16-3/h13-14H,4-12H2,1-3H3. The van der Waals surface area contributed by atoms with Crippen molar-refractivity contribution in [2.75, 3.05) is 31.8 Å². The zero-order valence-corrected chi connectivity index (χ0v) is 12.5. The van der Waals surface area contributed by atoms with Crippen molar-refractivity contribution in [2.45, 2.75) is 52.0 Å². The first-order chi connectivity index (χ1) is 8.20. The van der Waals surface area contributed by atoms with E-state index in [4.69, 9.17) is 4.74 Å². The maximum Gasteiger partial charge on any atom is 0.0471 e. The van der Waals surface area contributed by atoms with Crippen molar-refractivity contribution in [1.82, 2.24) is 5.32 Å². The lowest BCUT2D eigenvalue weighted by Gasteiger charge is -2.12. The molecule has 0 amide bonds. The largest absolute Gasteiger partial charge is 0.385 e. The van der Waals surface area contributed by atoms with Crippen LogP contribution in [-0.4, -0.2) is 42.0 Å². The number of unbranched alkanes of at least 4 members (excludes halogenated alkanes) is 1. The highest BCUT2D eigenvalue weighted by Gasteiger charge is 2.02. The Morgan fingerprint density at radius 1 is 1.24 bits per heavy atom. The number of hydrogen-bond donors (Lipinski definition) is 1. The van der Waals surface area contributed by atoms with Crippen LogP contribution in [0, 0.1) is 0 Å². The molecule has 4 heteroatoms. The molecule has 104 valence electrons. The smallest absolute Gasteiger partial charge is 0.0471 e. The van der Waals surface area contributed by atoms with Gasteiger partial charge in [-0.1, -0.05) is 13.3 Å². The summed E-state index contributed by atoms with van der Waals surface area (Å²) in [6, 6.07) is 0.594. The molecular formula is C13H29NO2S. The first-order valence-electron chi connectivity index (χ1n) is 6.78. The van der Waals surface area contributed by atoms with E-state index >= 15 is 0 Å². The Bertz CT molecular complexity index is 188. The third-order valence-corrected chi connectivity index (χ3v) is 4.21. The van der Waals surface area contributed by atoms with E-state index in [-0.39, 0.29) is 0 Å². The van der Waals surface area contributed by atoms with E-state index in [9.17, 15) is 4.21 Å². The van der Waals surface area contributed by atoms with Crippen molar-refractivity contribution in [2.24, 2.45) is 0 Å². The molecule has 0 radical (unpaired) electrons. The van der Waals surface area contributed by atoms with Crippen LogP contribution >= 0.6 is 0 Å². The van der Waals surface area contributed by atoms with Gasteiger partial charge in [0.2, 0.25) is 0 Å². The van der Waals surface area contributed by atoms with Crippen LogP contribution in [0.1, 0.15) is 46.0 Å². The van der Waals surface area contributed by atoms with Gasteiger partial charge in [-0.25, -0.2) is 0 Å². The SMILES string of the molecule is CCCNC(C)CCCCS(=O)CCCOC. The van der Waals surface area contributed by atoms with Crippen LogP contribution in [0.25, 0.3) is 0 Å². The average Bonchev–Trinajstić information content (AvgIpc) is 2.32. The predicted molar refractivity (Wildman–Crippen MR) is 76.0 cm³/mol. The van der Waals surface area contributed by atoms with Gasteiger partial charge in [-0.15, -0.1) is 0 Å². The van der Waals surface area contributed by atoms with Crippen LogP contribution < -0.4 is 5.32 Å². The van der Waals surface area contributed by atoms with Crippen molar-refractivity contribution >= 4 is 10.8 Å². The van der Waals surface area contributed by atoms with E-state index in [1.54, 1.807) is 7.11 Å². The molecule has 0 aliphatic carbocycles. The van der Waals surface area contributed by atoms with Crippen LogP contribution in [0.2, 0.25) is 0 Å². The highest BCUT2D eigenvalue weighted by Crippen LogP contribution is 2.02. The lowest BCUT2D eigenvalue weighted by molar-refractivity contribution is 0.200. The molecule has 0 aromatic rings. The summed E-state index contributed by atoms with van der Waals surface area (Å²) >= 11 is 0. The average molecular weight is 263 g/mol. The zero-order chi connectivity index (χ0) is 12.9. The Kier molecular flexibility index (Phi) is 12.6. The topological polar surface area (TPSA) is 38.3 Å². The van der Waals surface area contributed by atoms with Gasteiger partial charge in [0.25, 0.3) is 0 Å². The van der Waals surface area contributed by atoms with Crippen molar-refractivity contribution < 1.29 is 8.95 Å². The Morgan fingerprint density at radius 2 is 1.94 bits per heavy atom. The maximum atomic E-state index is 11.6. The molecule has 2 unspecified atom stereocenters. The van der Waals surface area contributed by atoms with Gasteiger partial charge in [-0.05, 0) is 39.2 Å². The fourth-order valence-electron chi connectivity index (χ4n) is 1.67. The second kappa shape index (κ2) is 12.5. The van der Waals surface area contributed by atoms with Crippen LogP contribution in [0.4, 0.5) is 0 Å². The number of methoxy groups -OCH3 is 1. The predicted octanol–water partition coefficient (Wildman–Crippen LogP) is 2.33. The number of hydrogen-bond acceptors (Lipinski definition) is 3. The van der Waals surface area contributed by atoms with Gasteiger partial charge in [0.05, 0.1) is 0 Å². The summed E-state index contributed by atoms with van der Waals surface area (Å²) in [5.74, 6) is 1.64. The number of nitrogens with one attached hydrogen (secondary N) is 1. The molecule has 17 heavy (non-hydrogen) atoms. The third-order valence-electron chi connectivity index (χ3n) is 2.72. The molecule has 0 spiro atoms. The molecule has 0 fully saturated rings. The third kappa shape index (κ3) is 12.3. The second-order valence-corrected chi connectivity index (χ2v) is 6.24.